The molecule has 2 heterocycles. The summed E-state index contributed by atoms with van der Waals surface area (Å²) in [7, 11) is 0. The van der Waals surface area contributed by atoms with Gasteiger partial charge < -0.3 is 10.7 Å². The summed E-state index contributed by atoms with van der Waals surface area (Å²) in [5.74, 6) is 1.64. The number of aromatic amines is 2. The second kappa shape index (κ2) is 3.87. The van der Waals surface area contributed by atoms with Gasteiger partial charge in [0.05, 0.1) is 0 Å². The molecule has 1 aliphatic rings. The molecule has 2 aromatic heterocycles. The zero-order chi connectivity index (χ0) is 11.8. The van der Waals surface area contributed by atoms with E-state index in [1.807, 2.05) is 0 Å². The maximum atomic E-state index is 11.6. The van der Waals surface area contributed by atoms with Gasteiger partial charge in [0.15, 0.2) is 11.2 Å². The molecule has 1 aliphatic carbocycles. The van der Waals surface area contributed by atoms with Crippen molar-refractivity contribution in [3.05, 3.63) is 16.2 Å². The molecule has 0 aliphatic heterocycles. The smallest absolute Gasteiger partial charge is 0.278 e. The fourth-order valence-electron chi connectivity index (χ4n) is 2.56. The lowest BCUT2D eigenvalue weighted by Gasteiger charge is -2.04. The van der Waals surface area contributed by atoms with Crippen LogP contribution in [0, 0.1) is 5.92 Å². The fraction of sp³-hybridized carbons (Fsp3) is 0.545. The van der Waals surface area contributed by atoms with Gasteiger partial charge in [0, 0.05) is 6.42 Å². The molecule has 0 atom stereocenters. The Morgan fingerprint density at radius 2 is 2.00 bits per heavy atom. The predicted molar refractivity (Wildman–Crippen MR) is 64.6 cm³/mol. The van der Waals surface area contributed by atoms with Crippen molar-refractivity contribution in [1.82, 2.24) is 19.9 Å². The number of nitrogens with two attached hydrogens (primary N) is 1. The van der Waals surface area contributed by atoms with Crippen LogP contribution in [-0.2, 0) is 6.42 Å². The zero-order valence-corrected chi connectivity index (χ0v) is 9.49. The van der Waals surface area contributed by atoms with Crippen molar-refractivity contribution in [2.24, 2.45) is 5.92 Å². The summed E-state index contributed by atoms with van der Waals surface area (Å²) in [5, 5.41) is 0. The largest absolute Gasteiger partial charge is 0.369 e. The molecule has 1 fully saturated rings. The third-order valence-electron chi connectivity index (χ3n) is 3.39. The zero-order valence-electron chi connectivity index (χ0n) is 9.49. The van der Waals surface area contributed by atoms with Crippen molar-refractivity contribution in [3.63, 3.8) is 0 Å². The van der Waals surface area contributed by atoms with E-state index in [-0.39, 0.29) is 11.5 Å². The van der Waals surface area contributed by atoms with Crippen molar-refractivity contribution in [2.75, 3.05) is 5.73 Å². The number of fused-ring (bicyclic) bond motifs is 1. The summed E-state index contributed by atoms with van der Waals surface area (Å²) in [6.07, 6.45) is 6.01. The molecule has 6 nitrogen and oxygen atoms in total. The summed E-state index contributed by atoms with van der Waals surface area (Å²) in [4.78, 5) is 25.5. The van der Waals surface area contributed by atoms with Gasteiger partial charge in [-0.15, -0.1) is 0 Å². The van der Waals surface area contributed by atoms with Crippen molar-refractivity contribution in [2.45, 2.75) is 32.1 Å². The highest BCUT2D eigenvalue weighted by atomic mass is 16.1. The third kappa shape index (κ3) is 1.90. The highest BCUT2D eigenvalue weighted by molar-refractivity contribution is 5.70. The van der Waals surface area contributed by atoms with E-state index in [2.05, 4.69) is 19.9 Å². The summed E-state index contributed by atoms with van der Waals surface area (Å²) in [6, 6.07) is 0. The van der Waals surface area contributed by atoms with E-state index in [0.29, 0.717) is 17.1 Å². The molecule has 3 rings (SSSR count). The Labute approximate surface area is 97.7 Å². The number of H-pyrrole nitrogens is 2. The number of hydrogen-bond acceptors (Lipinski definition) is 4. The highest BCUT2D eigenvalue weighted by Crippen LogP contribution is 2.27. The number of hydrogen-bond donors (Lipinski definition) is 3. The number of nitrogens with one attached hydrogen (secondary N) is 2. The van der Waals surface area contributed by atoms with Gasteiger partial charge in [0.25, 0.3) is 5.56 Å². The Morgan fingerprint density at radius 1 is 1.24 bits per heavy atom. The number of nitrogens with zero attached hydrogens (tertiary/aromatic N) is 2. The molecule has 0 spiro atoms. The van der Waals surface area contributed by atoms with Gasteiger partial charge in [0.2, 0.25) is 5.95 Å². The van der Waals surface area contributed by atoms with Gasteiger partial charge >= 0.3 is 0 Å². The SMILES string of the molecule is Nc1nc2nc(CC3CCCC3)[nH]c2c(=O)[nH]1. The molecule has 6 heteroatoms. The van der Waals surface area contributed by atoms with Crippen LogP contribution >= 0.6 is 0 Å². The summed E-state index contributed by atoms with van der Waals surface area (Å²) in [6.45, 7) is 0. The molecule has 0 amide bonds. The predicted octanol–water partition coefficient (Wildman–Crippen LogP) is 0.961. The van der Waals surface area contributed by atoms with Crippen LogP contribution in [0.3, 0.4) is 0 Å². The maximum absolute atomic E-state index is 11.6. The summed E-state index contributed by atoms with van der Waals surface area (Å²) in [5.41, 5.74) is 6.06. The fourth-order valence-corrected chi connectivity index (χ4v) is 2.56. The molecular weight excluding hydrogens is 218 g/mol. The van der Waals surface area contributed by atoms with E-state index in [1.165, 1.54) is 25.7 Å². The number of aromatic nitrogens is 4. The monoisotopic (exact) mass is 233 g/mol. The average Bonchev–Trinajstić information content (AvgIpc) is 2.87. The molecule has 0 radical (unpaired) electrons. The maximum Gasteiger partial charge on any atom is 0.278 e. The van der Waals surface area contributed by atoms with E-state index in [0.717, 1.165) is 12.2 Å². The molecule has 4 N–H and O–H groups in total. The van der Waals surface area contributed by atoms with Gasteiger partial charge in [-0.3, -0.25) is 9.78 Å². The van der Waals surface area contributed by atoms with E-state index in [1.54, 1.807) is 0 Å². The van der Waals surface area contributed by atoms with Crippen molar-refractivity contribution in [1.29, 1.82) is 0 Å². The Balaban J connectivity index is 1.95. The number of anilines is 1. The van der Waals surface area contributed by atoms with Crippen LogP contribution in [0.15, 0.2) is 4.79 Å². The molecule has 0 unspecified atom stereocenters. The van der Waals surface area contributed by atoms with Crippen molar-refractivity contribution >= 4 is 17.1 Å². The first-order chi connectivity index (χ1) is 8.22. The standard InChI is InChI=1S/C11H15N5O/c12-11-15-9-8(10(17)16-11)13-7(14-9)5-6-3-1-2-4-6/h6H,1-5H2,(H4,12,13,14,15,16,17). The Morgan fingerprint density at radius 3 is 2.76 bits per heavy atom. The average molecular weight is 233 g/mol. The van der Waals surface area contributed by atoms with Crippen LogP contribution in [0.25, 0.3) is 11.2 Å². The second-order valence-corrected chi connectivity index (χ2v) is 4.69. The molecule has 0 bridgehead atoms. The van der Waals surface area contributed by atoms with E-state index < -0.39 is 0 Å². The number of imidazole rings is 1. The summed E-state index contributed by atoms with van der Waals surface area (Å²) >= 11 is 0. The molecule has 1 saturated carbocycles. The molecule has 17 heavy (non-hydrogen) atoms. The lowest BCUT2D eigenvalue weighted by Crippen LogP contribution is -2.10. The highest BCUT2D eigenvalue weighted by Gasteiger charge is 2.18. The quantitative estimate of drug-likeness (QED) is 0.719. The van der Waals surface area contributed by atoms with Gasteiger partial charge in [0.1, 0.15) is 5.82 Å². The van der Waals surface area contributed by atoms with E-state index in [4.69, 9.17) is 5.73 Å². The van der Waals surface area contributed by atoms with Crippen molar-refractivity contribution in [3.8, 4) is 0 Å². The normalized spacial score (nSPS) is 16.9. The first-order valence-corrected chi connectivity index (χ1v) is 5.97. The van der Waals surface area contributed by atoms with Crippen LogP contribution in [0.1, 0.15) is 31.5 Å². The first kappa shape index (κ1) is 10.3. The van der Waals surface area contributed by atoms with Gasteiger partial charge in [-0.25, -0.2) is 4.98 Å². The van der Waals surface area contributed by atoms with E-state index >= 15 is 0 Å². The minimum atomic E-state index is -0.252. The molecule has 2 aromatic rings. The third-order valence-corrected chi connectivity index (χ3v) is 3.39. The Kier molecular flexibility index (Phi) is 2.35. The molecular formula is C11H15N5O. The Bertz CT molecular complexity index is 593. The van der Waals surface area contributed by atoms with Crippen LogP contribution in [0.4, 0.5) is 5.95 Å². The topological polar surface area (TPSA) is 100 Å². The van der Waals surface area contributed by atoms with Crippen LogP contribution in [0.5, 0.6) is 0 Å². The minimum Gasteiger partial charge on any atom is -0.369 e. The van der Waals surface area contributed by atoms with Crippen LogP contribution in [0.2, 0.25) is 0 Å². The molecule has 90 valence electrons. The second-order valence-electron chi connectivity index (χ2n) is 4.69. The van der Waals surface area contributed by atoms with Gasteiger partial charge in [-0.2, -0.15) is 4.98 Å². The number of rotatable bonds is 2. The van der Waals surface area contributed by atoms with Gasteiger partial charge in [-0.05, 0) is 5.92 Å². The molecule has 0 saturated heterocycles. The lowest BCUT2D eigenvalue weighted by atomic mass is 10.0. The lowest BCUT2D eigenvalue weighted by molar-refractivity contribution is 0.534. The van der Waals surface area contributed by atoms with E-state index in [9.17, 15) is 4.79 Å². The first-order valence-electron chi connectivity index (χ1n) is 5.97. The number of nitrogen functional groups attached to an aromatic ring is 1. The van der Waals surface area contributed by atoms with Gasteiger partial charge in [-0.1, -0.05) is 25.7 Å². The van der Waals surface area contributed by atoms with Crippen LogP contribution in [-0.4, -0.2) is 19.9 Å². The Hall–Kier alpha value is -1.85. The molecule has 0 aromatic carbocycles. The van der Waals surface area contributed by atoms with Crippen molar-refractivity contribution < 1.29 is 0 Å². The minimum absolute atomic E-state index is 0.112. The van der Waals surface area contributed by atoms with Crippen LogP contribution < -0.4 is 11.3 Å². The summed E-state index contributed by atoms with van der Waals surface area (Å²) < 4.78 is 0.